The summed E-state index contributed by atoms with van der Waals surface area (Å²) >= 11 is 11.5. The number of phenols is 1. The lowest BCUT2D eigenvalue weighted by molar-refractivity contribution is 0.469. The van der Waals surface area contributed by atoms with Crippen LogP contribution in [-0.2, 0) is 6.54 Å². The van der Waals surface area contributed by atoms with Crippen molar-refractivity contribution in [3.8, 4) is 5.75 Å². The van der Waals surface area contributed by atoms with Gasteiger partial charge >= 0.3 is 0 Å². The van der Waals surface area contributed by atoms with Crippen molar-refractivity contribution in [1.29, 1.82) is 0 Å². The number of halogens is 3. The van der Waals surface area contributed by atoms with Crippen molar-refractivity contribution in [2.24, 2.45) is 0 Å². The van der Waals surface area contributed by atoms with Gasteiger partial charge in [0.1, 0.15) is 11.6 Å². The second-order valence-corrected chi connectivity index (χ2v) is 4.54. The van der Waals surface area contributed by atoms with Crippen molar-refractivity contribution in [2.45, 2.75) is 6.54 Å². The van der Waals surface area contributed by atoms with Gasteiger partial charge in [0.05, 0.1) is 10.0 Å². The lowest BCUT2D eigenvalue weighted by atomic mass is 10.2. The van der Waals surface area contributed by atoms with Gasteiger partial charge in [-0.1, -0.05) is 35.3 Å². The van der Waals surface area contributed by atoms with Gasteiger partial charge in [-0.05, 0) is 24.3 Å². The molecule has 18 heavy (non-hydrogen) atoms. The summed E-state index contributed by atoms with van der Waals surface area (Å²) in [6, 6.07) is 9.44. The zero-order valence-electron chi connectivity index (χ0n) is 9.25. The van der Waals surface area contributed by atoms with Gasteiger partial charge in [-0.15, -0.1) is 0 Å². The van der Waals surface area contributed by atoms with Gasteiger partial charge < -0.3 is 10.4 Å². The summed E-state index contributed by atoms with van der Waals surface area (Å²) in [6.07, 6.45) is 0. The zero-order chi connectivity index (χ0) is 13.1. The maximum absolute atomic E-state index is 13.0. The summed E-state index contributed by atoms with van der Waals surface area (Å²) in [5.41, 5.74) is 1.32. The molecule has 0 aliphatic heterocycles. The molecule has 0 aromatic heterocycles. The average Bonchev–Trinajstić information content (AvgIpc) is 2.35. The highest BCUT2D eigenvalue weighted by atomic mass is 35.5. The lowest BCUT2D eigenvalue weighted by Gasteiger charge is -2.09. The van der Waals surface area contributed by atoms with Crippen LogP contribution in [0.1, 0.15) is 5.56 Å². The second kappa shape index (κ2) is 5.46. The van der Waals surface area contributed by atoms with E-state index in [1.165, 1.54) is 12.1 Å². The van der Waals surface area contributed by atoms with Gasteiger partial charge in [-0.25, -0.2) is 4.39 Å². The van der Waals surface area contributed by atoms with Crippen molar-refractivity contribution in [3.63, 3.8) is 0 Å². The zero-order valence-corrected chi connectivity index (χ0v) is 10.8. The Hall–Kier alpha value is -1.45. The fourth-order valence-corrected chi connectivity index (χ4v) is 1.88. The third kappa shape index (κ3) is 2.86. The normalized spacial score (nSPS) is 10.4. The Morgan fingerprint density at radius 2 is 1.89 bits per heavy atom. The molecule has 2 rings (SSSR count). The number of nitrogens with one attached hydrogen (secondary N) is 1. The number of rotatable bonds is 3. The molecule has 0 heterocycles. The molecular formula is C13H10Cl2FNO. The van der Waals surface area contributed by atoms with E-state index in [0.29, 0.717) is 22.8 Å². The van der Waals surface area contributed by atoms with Crippen LogP contribution in [0.25, 0.3) is 0 Å². The molecule has 5 heteroatoms. The number of anilines is 1. The fraction of sp³-hybridized carbons (Fsp3) is 0.0769. The van der Waals surface area contributed by atoms with Gasteiger partial charge in [0.15, 0.2) is 0 Å². The predicted octanol–water partition coefficient (Wildman–Crippen LogP) is 4.45. The van der Waals surface area contributed by atoms with Crippen LogP contribution < -0.4 is 5.32 Å². The Labute approximate surface area is 114 Å². The summed E-state index contributed by atoms with van der Waals surface area (Å²) in [6.45, 7) is 0.369. The highest BCUT2D eigenvalue weighted by Gasteiger charge is 2.05. The molecule has 2 nitrogen and oxygen atoms in total. The van der Waals surface area contributed by atoms with E-state index < -0.39 is 5.82 Å². The van der Waals surface area contributed by atoms with Gasteiger partial charge in [-0.2, -0.15) is 0 Å². The Morgan fingerprint density at radius 1 is 1.11 bits per heavy atom. The number of phenolic OH excluding ortho intramolecular Hbond substituents is 1. The molecule has 0 aliphatic rings. The van der Waals surface area contributed by atoms with Gasteiger partial charge in [0.2, 0.25) is 0 Å². The van der Waals surface area contributed by atoms with Crippen LogP contribution >= 0.6 is 23.2 Å². The van der Waals surface area contributed by atoms with Crippen LogP contribution in [0, 0.1) is 5.82 Å². The molecule has 2 N–H and O–H groups in total. The molecule has 0 bridgehead atoms. The molecule has 0 aliphatic carbocycles. The van der Waals surface area contributed by atoms with Gasteiger partial charge in [0.25, 0.3) is 0 Å². The minimum atomic E-state index is -0.465. The van der Waals surface area contributed by atoms with Crippen LogP contribution in [0.5, 0.6) is 5.75 Å². The molecule has 0 spiro atoms. The third-order valence-corrected chi connectivity index (χ3v) is 3.07. The molecule has 0 unspecified atom stereocenters. The Balaban J connectivity index is 2.11. The van der Waals surface area contributed by atoms with Crippen molar-refractivity contribution < 1.29 is 9.50 Å². The number of aromatic hydroxyl groups is 1. The predicted molar refractivity (Wildman–Crippen MR) is 71.9 cm³/mol. The van der Waals surface area contributed by atoms with E-state index in [0.717, 1.165) is 0 Å². The van der Waals surface area contributed by atoms with E-state index in [4.69, 9.17) is 23.2 Å². The quantitative estimate of drug-likeness (QED) is 0.873. The maximum Gasteiger partial charge on any atom is 0.141 e. The van der Waals surface area contributed by atoms with Crippen LogP contribution in [-0.4, -0.2) is 5.11 Å². The highest BCUT2D eigenvalue weighted by Crippen LogP contribution is 2.28. The van der Waals surface area contributed by atoms with E-state index in [1.807, 2.05) is 0 Å². The standard InChI is InChI=1S/C13H10Cl2FNO/c14-10-3-1-2-8(13(10)18)7-17-9-4-5-12(16)11(15)6-9/h1-6,17-18H,7H2. The topological polar surface area (TPSA) is 32.3 Å². The molecular weight excluding hydrogens is 276 g/mol. The molecule has 94 valence electrons. The molecule has 0 saturated heterocycles. The Bertz CT molecular complexity index is 575. The monoisotopic (exact) mass is 285 g/mol. The molecule has 2 aromatic carbocycles. The highest BCUT2D eigenvalue weighted by molar-refractivity contribution is 6.32. The lowest BCUT2D eigenvalue weighted by Crippen LogP contribution is -2.00. The minimum Gasteiger partial charge on any atom is -0.506 e. The van der Waals surface area contributed by atoms with Crippen molar-refractivity contribution in [1.82, 2.24) is 0 Å². The maximum atomic E-state index is 13.0. The molecule has 2 aromatic rings. The largest absolute Gasteiger partial charge is 0.506 e. The Morgan fingerprint density at radius 3 is 2.61 bits per heavy atom. The smallest absolute Gasteiger partial charge is 0.141 e. The van der Waals surface area contributed by atoms with Crippen LogP contribution in [0.15, 0.2) is 36.4 Å². The summed E-state index contributed by atoms with van der Waals surface area (Å²) in [4.78, 5) is 0. The summed E-state index contributed by atoms with van der Waals surface area (Å²) in [5.74, 6) is -0.423. The first-order chi connectivity index (χ1) is 8.58. The van der Waals surface area contributed by atoms with E-state index in [9.17, 15) is 9.50 Å². The van der Waals surface area contributed by atoms with E-state index >= 15 is 0 Å². The van der Waals surface area contributed by atoms with Gasteiger partial charge in [-0.3, -0.25) is 0 Å². The number of hydrogen-bond donors (Lipinski definition) is 2. The van der Waals surface area contributed by atoms with Gasteiger partial charge in [0, 0.05) is 17.8 Å². The Kier molecular flexibility index (Phi) is 3.94. The first-order valence-electron chi connectivity index (χ1n) is 5.23. The first kappa shape index (κ1) is 13.0. The van der Waals surface area contributed by atoms with E-state index in [2.05, 4.69) is 5.32 Å². The number of para-hydroxylation sites is 1. The average molecular weight is 286 g/mol. The van der Waals surface area contributed by atoms with Crippen molar-refractivity contribution in [2.75, 3.05) is 5.32 Å². The third-order valence-electron chi connectivity index (χ3n) is 2.47. The molecule has 0 radical (unpaired) electrons. The second-order valence-electron chi connectivity index (χ2n) is 3.73. The SMILES string of the molecule is Oc1c(Cl)cccc1CNc1ccc(F)c(Cl)c1. The molecule has 0 fully saturated rings. The number of benzene rings is 2. The fourth-order valence-electron chi connectivity index (χ4n) is 1.51. The number of hydrogen-bond acceptors (Lipinski definition) is 2. The van der Waals surface area contributed by atoms with Crippen LogP contribution in [0.4, 0.5) is 10.1 Å². The van der Waals surface area contributed by atoms with Crippen LogP contribution in [0.3, 0.4) is 0 Å². The molecule has 0 amide bonds. The van der Waals surface area contributed by atoms with E-state index in [-0.39, 0.29) is 10.8 Å². The summed E-state index contributed by atoms with van der Waals surface area (Å²) in [7, 11) is 0. The minimum absolute atomic E-state index is 0.0416. The van der Waals surface area contributed by atoms with E-state index in [1.54, 1.807) is 24.3 Å². The van der Waals surface area contributed by atoms with Crippen molar-refractivity contribution >= 4 is 28.9 Å². The first-order valence-corrected chi connectivity index (χ1v) is 5.99. The van der Waals surface area contributed by atoms with Crippen LogP contribution in [0.2, 0.25) is 10.0 Å². The molecule has 0 atom stereocenters. The summed E-state index contributed by atoms with van der Waals surface area (Å²) < 4.78 is 13.0. The molecule has 0 saturated carbocycles. The summed E-state index contributed by atoms with van der Waals surface area (Å²) in [5, 5.41) is 13.1. The van der Waals surface area contributed by atoms with Crippen molar-refractivity contribution in [3.05, 3.63) is 57.8 Å².